The normalized spacial score (nSPS) is 10.3. The van der Waals surface area contributed by atoms with Crippen LogP contribution in [-0.4, -0.2) is 11.8 Å². The van der Waals surface area contributed by atoms with E-state index in [0.29, 0.717) is 5.57 Å². The molecule has 4 heteroatoms. The molecule has 4 nitrogen and oxygen atoms in total. The minimum absolute atomic E-state index is 0.340. The lowest BCUT2D eigenvalue weighted by atomic mass is 10.0. The van der Waals surface area contributed by atoms with Gasteiger partial charge in [-0.1, -0.05) is 148 Å². The van der Waals surface area contributed by atoms with Crippen molar-refractivity contribution in [2.45, 2.75) is 148 Å². The van der Waals surface area contributed by atoms with E-state index in [-0.39, 0.29) is 5.91 Å². The Morgan fingerprint density at radius 3 is 1.03 bits per heavy atom. The van der Waals surface area contributed by atoms with E-state index in [1.807, 2.05) is 0 Å². The summed E-state index contributed by atoms with van der Waals surface area (Å²) in [6.45, 7) is 9.08. The second-order valence-corrected chi connectivity index (χ2v) is 9.40. The average Bonchev–Trinajstić information content (AvgIpc) is 2.80. The molecule has 0 heterocycles. The fourth-order valence-electron chi connectivity index (χ4n) is 3.89. The molecule has 0 aromatic heterocycles. The van der Waals surface area contributed by atoms with Crippen LogP contribution in [0.2, 0.25) is 0 Å². The maximum Gasteiger partial charge on any atom is 0.244 e. The molecule has 0 unspecified atom stereocenters. The van der Waals surface area contributed by atoms with Crippen LogP contribution in [-0.2, 0) is 9.59 Å². The molecule has 194 valence electrons. The van der Waals surface area contributed by atoms with Gasteiger partial charge in [0.25, 0.3) is 0 Å². The van der Waals surface area contributed by atoms with Gasteiger partial charge in [-0.15, -0.1) is 0 Å². The first-order valence-corrected chi connectivity index (χ1v) is 13.8. The van der Waals surface area contributed by atoms with E-state index in [4.69, 9.17) is 5.73 Å². The lowest BCUT2D eigenvalue weighted by molar-refractivity contribution is -0.115. The average molecular weight is 465 g/mol. The predicted molar refractivity (Wildman–Crippen MR) is 145 cm³/mol. The first-order valence-electron chi connectivity index (χ1n) is 13.8. The maximum absolute atomic E-state index is 10.9. The third kappa shape index (κ3) is 32.7. The van der Waals surface area contributed by atoms with Crippen molar-refractivity contribution in [3.05, 3.63) is 24.8 Å². The van der Waals surface area contributed by atoms with Gasteiger partial charge in [-0.25, -0.2) is 0 Å². The topological polar surface area (TPSA) is 86.2 Å². The summed E-state index contributed by atoms with van der Waals surface area (Å²) in [4.78, 5) is 20.3. The number of carbonyl (C=O) groups is 2. The zero-order chi connectivity index (χ0) is 25.0. The molecule has 4 N–H and O–H groups in total. The van der Waals surface area contributed by atoms with Gasteiger partial charge in [-0.2, -0.15) is 0 Å². The Morgan fingerprint density at radius 1 is 0.576 bits per heavy atom. The maximum atomic E-state index is 10.9. The Bertz CT molecular complexity index is 474. The van der Waals surface area contributed by atoms with Gasteiger partial charge in [-0.05, 0) is 18.9 Å². The van der Waals surface area contributed by atoms with Crippen LogP contribution in [0.15, 0.2) is 24.8 Å². The quantitative estimate of drug-likeness (QED) is 0.111. The zero-order valence-corrected chi connectivity index (χ0v) is 22.0. The zero-order valence-electron chi connectivity index (χ0n) is 22.0. The molecule has 0 aromatic rings. The van der Waals surface area contributed by atoms with Crippen LogP contribution < -0.4 is 11.5 Å². The third-order valence-corrected chi connectivity index (χ3v) is 6.13. The Kier molecular flexibility index (Phi) is 29.0. The fourth-order valence-corrected chi connectivity index (χ4v) is 3.89. The van der Waals surface area contributed by atoms with Gasteiger partial charge in [0.15, 0.2) is 0 Å². The van der Waals surface area contributed by atoms with Crippen molar-refractivity contribution in [2.75, 3.05) is 0 Å². The number of rotatable bonds is 24. The van der Waals surface area contributed by atoms with Crippen molar-refractivity contribution < 1.29 is 9.59 Å². The van der Waals surface area contributed by atoms with Gasteiger partial charge in [-0.3, -0.25) is 9.59 Å². The lowest BCUT2D eigenvalue weighted by Gasteiger charge is -2.04. The van der Waals surface area contributed by atoms with Crippen molar-refractivity contribution in [3.8, 4) is 0 Å². The van der Waals surface area contributed by atoms with Crippen molar-refractivity contribution in [1.29, 1.82) is 0 Å². The lowest BCUT2D eigenvalue weighted by Crippen LogP contribution is -2.12. The second-order valence-electron chi connectivity index (χ2n) is 9.40. The van der Waals surface area contributed by atoms with E-state index < -0.39 is 5.91 Å². The van der Waals surface area contributed by atoms with Gasteiger partial charge in [0, 0.05) is 5.57 Å². The molecule has 0 saturated carbocycles. The molecule has 0 aliphatic heterocycles. The summed E-state index contributed by atoms with van der Waals surface area (Å²) in [6.07, 6.45) is 31.1. The molecule has 0 aliphatic rings. The smallest absolute Gasteiger partial charge is 0.244 e. The largest absolute Gasteiger partial charge is 0.366 e. The van der Waals surface area contributed by atoms with E-state index in [2.05, 4.69) is 25.8 Å². The van der Waals surface area contributed by atoms with Crippen molar-refractivity contribution in [1.82, 2.24) is 0 Å². The van der Waals surface area contributed by atoms with Gasteiger partial charge >= 0.3 is 0 Å². The van der Waals surface area contributed by atoms with Gasteiger partial charge in [0.1, 0.15) is 0 Å². The highest BCUT2D eigenvalue weighted by molar-refractivity contribution is 5.91. The van der Waals surface area contributed by atoms with E-state index in [1.165, 1.54) is 128 Å². The van der Waals surface area contributed by atoms with Gasteiger partial charge in [0.05, 0.1) is 0 Å². The first-order chi connectivity index (χ1) is 16.0. The summed E-state index contributed by atoms with van der Waals surface area (Å²) in [6, 6.07) is 0. The number of carbonyl (C=O) groups excluding carboxylic acids is 2. The minimum Gasteiger partial charge on any atom is -0.366 e. The minimum atomic E-state index is -0.481. The highest BCUT2D eigenvalue weighted by atomic mass is 16.1. The van der Waals surface area contributed by atoms with Crippen LogP contribution in [0.3, 0.4) is 0 Å². The SMILES string of the molecule is C=C(CCCCCCCCCCCCCCCCCCCCCCC)C(N)=O.C=CC(N)=O. The Labute approximate surface area is 206 Å². The summed E-state index contributed by atoms with van der Waals surface area (Å²) in [5, 5.41) is 0. The third-order valence-electron chi connectivity index (χ3n) is 6.13. The van der Waals surface area contributed by atoms with Gasteiger partial charge in [0.2, 0.25) is 11.8 Å². The summed E-state index contributed by atoms with van der Waals surface area (Å²) in [7, 11) is 0. The molecule has 0 fully saturated rings. The Balaban J connectivity index is 0. The summed E-state index contributed by atoms with van der Waals surface area (Å²) < 4.78 is 0. The van der Waals surface area contributed by atoms with Crippen molar-refractivity contribution in [3.63, 3.8) is 0 Å². The second kappa shape index (κ2) is 28.5. The van der Waals surface area contributed by atoms with Gasteiger partial charge < -0.3 is 11.5 Å². The predicted octanol–water partition coefficient (Wildman–Crippen LogP) is 8.29. The van der Waals surface area contributed by atoms with E-state index in [9.17, 15) is 9.59 Å². The molecular formula is C29H56N2O2. The number of unbranched alkanes of at least 4 members (excludes halogenated alkanes) is 20. The number of hydrogen-bond donors (Lipinski definition) is 2. The fraction of sp³-hybridized carbons (Fsp3) is 0.793. The van der Waals surface area contributed by atoms with Crippen molar-refractivity contribution in [2.24, 2.45) is 11.5 Å². The molecule has 0 aliphatic carbocycles. The van der Waals surface area contributed by atoms with Crippen LogP contribution in [0, 0.1) is 0 Å². The number of hydrogen-bond acceptors (Lipinski definition) is 2. The molecular weight excluding hydrogens is 408 g/mol. The monoisotopic (exact) mass is 464 g/mol. The highest BCUT2D eigenvalue weighted by Gasteiger charge is 2.00. The molecule has 0 bridgehead atoms. The first kappa shape index (κ1) is 33.6. The summed E-state index contributed by atoms with van der Waals surface area (Å²) in [5.41, 5.74) is 10.3. The molecule has 0 rings (SSSR count). The number of primary amides is 2. The standard InChI is InChI=1S/C26H51NO.C3H5NO/c1-3-4-5-6-7-8-9-10-11-12-13-14-15-16-17-18-19-20-21-22-23-24-25(2)26(27)28;1-2-3(4)5/h2-24H2,1H3,(H2,27,28);2H,1H2,(H2,4,5). The van der Waals surface area contributed by atoms with Crippen LogP contribution >= 0.6 is 0 Å². The van der Waals surface area contributed by atoms with Crippen LogP contribution in [0.4, 0.5) is 0 Å². The molecule has 2 amide bonds. The molecule has 0 radical (unpaired) electrons. The van der Waals surface area contributed by atoms with Crippen molar-refractivity contribution >= 4 is 11.8 Å². The summed E-state index contributed by atoms with van der Waals surface area (Å²) >= 11 is 0. The molecule has 0 spiro atoms. The van der Waals surface area contributed by atoms with E-state index >= 15 is 0 Å². The van der Waals surface area contributed by atoms with Crippen LogP contribution in [0.1, 0.15) is 148 Å². The highest BCUT2D eigenvalue weighted by Crippen LogP contribution is 2.15. The number of amides is 2. The van der Waals surface area contributed by atoms with Crippen LogP contribution in [0.5, 0.6) is 0 Å². The van der Waals surface area contributed by atoms with E-state index in [0.717, 1.165) is 18.9 Å². The van der Waals surface area contributed by atoms with Crippen LogP contribution in [0.25, 0.3) is 0 Å². The molecule has 0 saturated heterocycles. The number of nitrogens with two attached hydrogens (primary N) is 2. The molecule has 33 heavy (non-hydrogen) atoms. The molecule has 0 atom stereocenters. The van der Waals surface area contributed by atoms with E-state index in [1.54, 1.807) is 0 Å². The molecule has 0 aromatic carbocycles. The summed E-state index contributed by atoms with van der Waals surface area (Å²) in [5.74, 6) is -0.821. The Morgan fingerprint density at radius 2 is 0.818 bits per heavy atom. The Hall–Kier alpha value is -1.58.